The number of hydrogen-bond donors (Lipinski definition) is 1. The molecule has 0 unspecified atom stereocenters. The third-order valence-corrected chi connectivity index (χ3v) is 4.43. The highest BCUT2D eigenvalue weighted by Crippen LogP contribution is 2.18. The van der Waals surface area contributed by atoms with E-state index in [1.165, 1.54) is 0 Å². The summed E-state index contributed by atoms with van der Waals surface area (Å²) in [6.07, 6.45) is 1.08. The van der Waals surface area contributed by atoms with Crippen LogP contribution < -0.4 is 5.32 Å². The molecular weight excluding hydrogens is 304 g/mol. The maximum Gasteiger partial charge on any atom is 0.224 e. The monoisotopic (exact) mass is 322 g/mol. The van der Waals surface area contributed by atoms with Crippen LogP contribution in [0.4, 0.5) is 0 Å². The van der Waals surface area contributed by atoms with Gasteiger partial charge in [-0.2, -0.15) is 0 Å². The summed E-state index contributed by atoms with van der Waals surface area (Å²) < 4.78 is 0. The summed E-state index contributed by atoms with van der Waals surface area (Å²) in [6.45, 7) is 4.86. The number of benzene rings is 1. The smallest absolute Gasteiger partial charge is 0.224 e. The number of carbonyl (C=O) groups is 1. The molecule has 0 spiro atoms. The maximum atomic E-state index is 11.9. The molecule has 0 fully saturated rings. The van der Waals surface area contributed by atoms with Crippen molar-refractivity contribution in [3.63, 3.8) is 0 Å². The van der Waals surface area contributed by atoms with Crippen molar-refractivity contribution in [2.24, 2.45) is 0 Å². The number of hydrogen-bond acceptors (Lipinski definition) is 3. The molecule has 21 heavy (non-hydrogen) atoms. The lowest BCUT2D eigenvalue weighted by atomic mass is 10.1. The van der Waals surface area contributed by atoms with Crippen LogP contribution in [0.2, 0.25) is 5.02 Å². The summed E-state index contributed by atoms with van der Waals surface area (Å²) >= 11 is 7.69. The first-order chi connectivity index (χ1) is 10.1. The Morgan fingerprint density at radius 2 is 2.14 bits per heavy atom. The molecule has 0 aliphatic carbocycles. The Hall–Kier alpha value is -1.39. The van der Waals surface area contributed by atoms with Crippen LogP contribution in [0.15, 0.2) is 29.6 Å². The molecule has 5 heteroatoms. The van der Waals surface area contributed by atoms with Gasteiger partial charge in [0.1, 0.15) is 0 Å². The van der Waals surface area contributed by atoms with Crippen molar-refractivity contribution >= 4 is 28.8 Å². The Balaban J connectivity index is 1.78. The molecule has 0 saturated carbocycles. The third kappa shape index (κ3) is 4.83. The number of carbonyl (C=O) groups excluding carboxylic acids is 1. The van der Waals surface area contributed by atoms with E-state index in [0.29, 0.717) is 23.9 Å². The molecule has 1 aromatic carbocycles. The summed E-state index contributed by atoms with van der Waals surface area (Å²) in [6, 6.07) is 7.42. The van der Waals surface area contributed by atoms with E-state index in [1.807, 2.05) is 18.2 Å². The Labute approximate surface area is 134 Å². The minimum absolute atomic E-state index is 0.0104. The Morgan fingerprint density at radius 3 is 2.81 bits per heavy atom. The highest BCUT2D eigenvalue weighted by molar-refractivity contribution is 7.09. The van der Waals surface area contributed by atoms with Crippen molar-refractivity contribution in [3.05, 3.63) is 50.9 Å². The molecule has 1 amide bonds. The second-order valence-electron chi connectivity index (χ2n) is 5.19. The normalized spacial score (nSPS) is 10.9. The van der Waals surface area contributed by atoms with Gasteiger partial charge in [-0.1, -0.05) is 43.6 Å². The third-order valence-electron chi connectivity index (χ3n) is 3.13. The Kier molecular flexibility index (Phi) is 5.76. The molecule has 1 aromatic heterocycles. The first-order valence-corrected chi connectivity index (χ1v) is 8.26. The van der Waals surface area contributed by atoms with E-state index in [4.69, 9.17) is 11.6 Å². The second kappa shape index (κ2) is 7.57. The number of halogens is 1. The maximum absolute atomic E-state index is 11.9. The average Bonchev–Trinajstić information content (AvgIpc) is 2.90. The fraction of sp³-hybridized carbons (Fsp3) is 0.375. The topological polar surface area (TPSA) is 42.0 Å². The van der Waals surface area contributed by atoms with Gasteiger partial charge >= 0.3 is 0 Å². The number of nitrogens with zero attached hydrogens (tertiary/aromatic N) is 1. The van der Waals surface area contributed by atoms with Gasteiger partial charge in [0.2, 0.25) is 5.91 Å². The van der Waals surface area contributed by atoms with Gasteiger partial charge < -0.3 is 5.32 Å². The van der Waals surface area contributed by atoms with Gasteiger partial charge in [0.15, 0.2) is 0 Å². The fourth-order valence-electron chi connectivity index (χ4n) is 1.89. The quantitative estimate of drug-likeness (QED) is 0.878. The highest BCUT2D eigenvalue weighted by Gasteiger charge is 2.08. The Morgan fingerprint density at radius 1 is 1.38 bits per heavy atom. The standard InChI is InChI=1S/C16H19ClN2OS/c1-11(2)14-10-21-16(19-14)7-8-18-15(20)9-12-5-3-4-6-13(12)17/h3-6,10-11H,7-9H2,1-2H3,(H,18,20). The van der Waals surface area contributed by atoms with Crippen LogP contribution in [0.25, 0.3) is 0 Å². The zero-order valence-corrected chi connectivity index (χ0v) is 13.8. The lowest BCUT2D eigenvalue weighted by Crippen LogP contribution is -2.27. The van der Waals surface area contributed by atoms with Crippen molar-refractivity contribution in [1.29, 1.82) is 0 Å². The van der Waals surface area contributed by atoms with Crippen LogP contribution in [0, 0.1) is 0 Å². The summed E-state index contributed by atoms with van der Waals surface area (Å²) in [7, 11) is 0. The van der Waals surface area contributed by atoms with Crippen LogP contribution in [-0.2, 0) is 17.6 Å². The number of aromatic nitrogens is 1. The molecule has 0 radical (unpaired) electrons. The van der Waals surface area contributed by atoms with Gasteiger partial charge in [-0.15, -0.1) is 11.3 Å². The summed E-state index contributed by atoms with van der Waals surface area (Å²) in [5, 5.41) is 6.70. The van der Waals surface area contributed by atoms with E-state index in [0.717, 1.165) is 22.7 Å². The van der Waals surface area contributed by atoms with Crippen molar-refractivity contribution < 1.29 is 4.79 Å². The van der Waals surface area contributed by atoms with E-state index in [-0.39, 0.29) is 5.91 Å². The van der Waals surface area contributed by atoms with Crippen molar-refractivity contribution in [2.45, 2.75) is 32.6 Å². The molecule has 3 nitrogen and oxygen atoms in total. The van der Waals surface area contributed by atoms with Crippen molar-refractivity contribution in [3.8, 4) is 0 Å². The molecular formula is C16H19ClN2OS. The Bertz CT molecular complexity index is 610. The molecule has 1 heterocycles. The second-order valence-corrected chi connectivity index (χ2v) is 6.54. The lowest BCUT2D eigenvalue weighted by Gasteiger charge is -2.05. The predicted octanol–water partition coefficient (Wildman–Crippen LogP) is 3.82. The van der Waals surface area contributed by atoms with E-state index in [9.17, 15) is 4.79 Å². The van der Waals surface area contributed by atoms with E-state index >= 15 is 0 Å². The molecule has 2 rings (SSSR count). The first kappa shape index (κ1) is 16.0. The van der Waals surface area contributed by atoms with E-state index in [1.54, 1.807) is 17.4 Å². The minimum atomic E-state index is -0.0104. The van der Waals surface area contributed by atoms with E-state index in [2.05, 4.69) is 29.5 Å². The molecule has 0 bridgehead atoms. The van der Waals surface area contributed by atoms with Gasteiger partial charge in [0.25, 0.3) is 0 Å². The van der Waals surface area contributed by atoms with Gasteiger partial charge in [0.05, 0.1) is 17.1 Å². The van der Waals surface area contributed by atoms with Crippen LogP contribution in [0.1, 0.15) is 36.0 Å². The van der Waals surface area contributed by atoms with E-state index < -0.39 is 0 Å². The molecule has 1 N–H and O–H groups in total. The van der Waals surface area contributed by atoms with Crippen molar-refractivity contribution in [1.82, 2.24) is 10.3 Å². The summed E-state index contributed by atoms with van der Waals surface area (Å²) in [5.41, 5.74) is 1.98. The van der Waals surface area contributed by atoms with Crippen molar-refractivity contribution in [2.75, 3.05) is 6.54 Å². The fourth-order valence-corrected chi connectivity index (χ4v) is 3.05. The molecule has 2 aromatic rings. The van der Waals surface area contributed by atoms with Gasteiger partial charge in [0, 0.05) is 23.4 Å². The number of rotatable bonds is 6. The zero-order valence-electron chi connectivity index (χ0n) is 12.2. The van der Waals surface area contributed by atoms with Gasteiger partial charge in [-0.3, -0.25) is 4.79 Å². The van der Waals surface area contributed by atoms with Crippen LogP contribution in [-0.4, -0.2) is 17.4 Å². The predicted molar refractivity (Wildman–Crippen MR) is 88.1 cm³/mol. The molecule has 112 valence electrons. The molecule has 0 saturated heterocycles. The van der Waals surface area contributed by atoms with Crippen LogP contribution in [0.5, 0.6) is 0 Å². The minimum Gasteiger partial charge on any atom is -0.355 e. The van der Waals surface area contributed by atoms with Crippen LogP contribution >= 0.6 is 22.9 Å². The largest absolute Gasteiger partial charge is 0.355 e. The number of thiazole rings is 1. The molecule has 0 atom stereocenters. The SMILES string of the molecule is CC(C)c1csc(CCNC(=O)Cc2ccccc2Cl)n1. The molecule has 0 aliphatic rings. The number of amides is 1. The van der Waals surface area contributed by atoms with Crippen LogP contribution in [0.3, 0.4) is 0 Å². The van der Waals surface area contributed by atoms with Gasteiger partial charge in [-0.25, -0.2) is 4.98 Å². The lowest BCUT2D eigenvalue weighted by molar-refractivity contribution is -0.120. The summed E-state index contributed by atoms with van der Waals surface area (Å²) in [5.74, 6) is 0.438. The molecule has 0 aliphatic heterocycles. The zero-order chi connectivity index (χ0) is 15.2. The first-order valence-electron chi connectivity index (χ1n) is 7.00. The summed E-state index contributed by atoms with van der Waals surface area (Å²) in [4.78, 5) is 16.4. The number of nitrogens with one attached hydrogen (secondary N) is 1. The highest BCUT2D eigenvalue weighted by atomic mass is 35.5. The average molecular weight is 323 g/mol. The van der Waals surface area contributed by atoms with Gasteiger partial charge in [-0.05, 0) is 17.5 Å².